The number of methoxy groups -OCH3 is 1. The van der Waals surface area contributed by atoms with Crippen LogP contribution in [0.5, 0.6) is 0 Å². The van der Waals surface area contributed by atoms with Gasteiger partial charge < -0.3 is 10.5 Å². The molecule has 2 aromatic rings. The lowest BCUT2D eigenvalue weighted by Gasteiger charge is -2.05. The summed E-state index contributed by atoms with van der Waals surface area (Å²) < 4.78 is 4.70. The van der Waals surface area contributed by atoms with Gasteiger partial charge >= 0.3 is 5.97 Å². The number of hydrogen-bond acceptors (Lipinski definition) is 3. The van der Waals surface area contributed by atoms with Gasteiger partial charge in [-0.2, -0.15) is 0 Å². The Morgan fingerprint density at radius 2 is 2.07 bits per heavy atom. The van der Waals surface area contributed by atoms with Crippen molar-refractivity contribution in [2.75, 3.05) is 12.8 Å². The summed E-state index contributed by atoms with van der Waals surface area (Å²) in [5.74, 6) is -0.341. The zero-order chi connectivity index (χ0) is 10.8. The van der Waals surface area contributed by atoms with Gasteiger partial charge in [0.05, 0.1) is 12.7 Å². The second-order valence-electron chi connectivity index (χ2n) is 3.28. The molecule has 0 heterocycles. The van der Waals surface area contributed by atoms with E-state index >= 15 is 0 Å². The van der Waals surface area contributed by atoms with Crippen LogP contribution in [-0.2, 0) is 4.74 Å². The fraction of sp³-hybridized carbons (Fsp3) is 0.0833. The van der Waals surface area contributed by atoms with Gasteiger partial charge in [-0.1, -0.05) is 18.2 Å². The van der Waals surface area contributed by atoms with Crippen LogP contribution in [0.3, 0.4) is 0 Å². The van der Waals surface area contributed by atoms with Gasteiger partial charge in [-0.25, -0.2) is 4.79 Å². The maximum absolute atomic E-state index is 11.5. The molecule has 0 aliphatic carbocycles. The molecule has 3 nitrogen and oxygen atoms in total. The summed E-state index contributed by atoms with van der Waals surface area (Å²) in [5.41, 5.74) is 6.86. The van der Waals surface area contributed by atoms with Gasteiger partial charge in [0.2, 0.25) is 0 Å². The highest BCUT2D eigenvalue weighted by Crippen LogP contribution is 2.21. The van der Waals surface area contributed by atoms with E-state index in [1.54, 1.807) is 12.1 Å². The Hall–Kier alpha value is -2.03. The first kappa shape index (κ1) is 9.52. The smallest absolute Gasteiger partial charge is 0.338 e. The second-order valence-corrected chi connectivity index (χ2v) is 3.28. The van der Waals surface area contributed by atoms with Crippen molar-refractivity contribution in [1.82, 2.24) is 0 Å². The quantitative estimate of drug-likeness (QED) is 0.568. The fourth-order valence-electron chi connectivity index (χ4n) is 1.58. The molecule has 0 aliphatic rings. The molecule has 0 spiro atoms. The molecule has 0 saturated heterocycles. The topological polar surface area (TPSA) is 52.3 Å². The van der Waals surface area contributed by atoms with E-state index < -0.39 is 0 Å². The zero-order valence-corrected chi connectivity index (χ0v) is 8.36. The van der Waals surface area contributed by atoms with Crippen molar-refractivity contribution in [3.05, 3.63) is 42.0 Å². The number of carbonyl (C=O) groups excluding carboxylic acids is 1. The summed E-state index contributed by atoms with van der Waals surface area (Å²) in [6.07, 6.45) is 0. The van der Waals surface area contributed by atoms with E-state index in [1.165, 1.54) is 7.11 Å². The Labute approximate surface area is 87.5 Å². The van der Waals surface area contributed by atoms with Crippen LogP contribution in [0.15, 0.2) is 36.4 Å². The Morgan fingerprint density at radius 1 is 1.27 bits per heavy atom. The van der Waals surface area contributed by atoms with Crippen LogP contribution in [0.2, 0.25) is 0 Å². The molecule has 0 atom stereocenters. The van der Waals surface area contributed by atoms with Crippen LogP contribution < -0.4 is 5.73 Å². The van der Waals surface area contributed by atoms with E-state index in [1.807, 2.05) is 24.3 Å². The second kappa shape index (κ2) is 3.61. The highest BCUT2D eigenvalue weighted by molar-refractivity contribution is 6.05. The normalized spacial score (nSPS) is 10.2. The van der Waals surface area contributed by atoms with Crippen LogP contribution in [0, 0.1) is 0 Å². The standard InChI is InChI=1S/C12H11NO2/c1-15-12(14)10-4-2-3-8-5-6-9(13)7-11(8)10/h2-7H,13H2,1H3. The predicted octanol–water partition coefficient (Wildman–Crippen LogP) is 2.21. The molecule has 0 saturated carbocycles. The molecule has 0 bridgehead atoms. The maximum Gasteiger partial charge on any atom is 0.338 e. The number of fused-ring (bicyclic) bond motifs is 1. The minimum atomic E-state index is -0.341. The van der Waals surface area contributed by atoms with Crippen molar-refractivity contribution in [3.8, 4) is 0 Å². The van der Waals surface area contributed by atoms with Gasteiger partial charge in [0, 0.05) is 5.69 Å². The lowest BCUT2D eigenvalue weighted by Crippen LogP contribution is -2.02. The first-order valence-electron chi connectivity index (χ1n) is 4.59. The van der Waals surface area contributed by atoms with Crippen molar-refractivity contribution in [3.63, 3.8) is 0 Å². The average molecular weight is 201 g/mol. The number of benzene rings is 2. The number of esters is 1. The van der Waals surface area contributed by atoms with Gasteiger partial charge in [-0.05, 0) is 29.0 Å². The van der Waals surface area contributed by atoms with Gasteiger partial charge in [0.25, 0.3) is 0 Å². The molecule has 0 aromatic heterocycles. The molecule has 2 rings (SSSR count). The van der Waals surface area contributed by atoms with Crippen molar-refractivity contribution in [2.24, 2.45) is 0 Å². The van der Waals surface area contributed by atoms with E-state index in [-0.39, 0.29) is 5.97 Å². The van der Waals surface area contributed by atoms with E-state index in [4.69, 9.17) is 10.5 Å². The van der Waals surface area contributed by atoms with Crippen LogP contribution in [0.25, 0.3) is 10.8 Å². The summed E-state index contributed by atoms with van der Waals surface area (Å²) in [4.78, 5) is 11.5. The van der Waals surface area contributed by atoms with Crippen molar-refractivity contribution in [2.45, 2.75) is 0 Å². The first-order chi connectivity index (χ1) is 7.22. The molecule has 0 aliphatic heterocycles. The minimum absolute atomic E-state index is 0.341. The Kier molecular flexibility index (Phi) is 2.29. The molecule has 15 heavy (non-hydrogen) atoms. The summed E-state index contributed by atoms with van der Waals surface area (Å²) in [6, 6.07) is 11.0. The molecular formula is C12H11NO2. The third-order valence-corrected chi connectivity index (χ3v) is 2.31. The SMILES string of the molecule is COC(=O)c1cccc2ccc(N)cc12. The van der Waals surface area contributed by atoms with Crippen LogP contribution in [-0.4, -0.2) is 13.1 Å². The molecule has 2 aromatic carbocycles. The number of hydrogen-bond donors (Lipinski definition) is 1. The molecule has 2 N–H and O–H groups in total. The van der Waals surface area contributed by atoms with Gasteiger partial charge in [-0.3, -0.25) is 0 Å². The molecular weight excluding hydrogens is 190 g/mol. The van der Waals surface area contributed by atoms with Gasteiger partial charge in [0.1, 0.15) is 0 Å². The van der Waals surface area contributed by atoms with E-state index in [9.17, 15) is 4.79 Å². The third kappa shape index (κ3) is 1.64. The molecule has 0 fully saturated rings. The van der Waals surface area contributed by atoms with E-state index in [0.29, 0.717) is 11.3 Å². The number of carbonyl (C=O) groups is 1. The minimum Gasteiger partial charge on any atom is -0.465 e. The Morgan fingerprint density at radius 3 is 2.80 bits per heavy atom. The number of rotatable bonds is 1. The van der Waals surface area contributed by atoms with Crippen LogP contribution in [0.1, 0.15) is 10.4 Å². The van der Waals surface area contributed by atoms with Gasteiger partial charge in [-0.15, -0.1) is 0 Å². The highest BCUT2D eigenvalue weighted by Gasteiger charge is 2.09. The monoisotopic (exact) mass is 201 g/mol. The number of ether oxygens (including phenoxy) is 1. The number of nitrogen functional groups attached to an aromatic ring is 1. The Balaban J connectivity index is 2.74. The summed E-state index contributed by atoms with van der Waals surface area (Å²) in [5, 5.41) is 1.80. The van der Waals surface area contributed by atoms with Crippen LogP contribution >= 0.6 is 0 Å². The van der Waals surface area contributed by atoms with E-state index in [0.717, 1.165) is 10.8 Å². The van der Waals surface area contributed by atoms with Crippen molar-refractivity contribution in [1.29, 1.82) is 0 Å². The Bertz CT molecular complexity index is 520. The number of nitrogens with two attached hydrogens (primary N) is 1. The number of anilines is 1. The molecule has 0 radical (unpaired) electrons. The first-order valence-corrected chi connectivity index (χ1v) is 4.59. The molecule has 0 amide bonds. The lowest BCUT2D eigenvalue weighted by molar-refractivity contribution is 0.0603. The molecule has 3 heteroatoms. The third-order valence-electron chi connectivity index (χ3n) is 2.31. The predicted molar refractivity (Wildman–Crippen MR) is 59.7 cm³/mol. The van der Waals surface area contributed by atoms with Crippen molar-refractivity contribution < 1.29 is 9.53 Å². The maximum atomic E-state index is 11.5. The molecule has 0 unspecified atom stereocenters. The summed E-state index contributed by atoms with van der Waals surface area (Å²) >= 11 is 0. The highest BCUT2D eigenvalue weighted by atomic mass is 16.5. The average Bonchev–Trinajstić information content (AvgIpc) is 2.27. The molecule has 76 valence electrons. The van der Waals surface area contributed by atoms with Crippen LogP contribution in [0.4, 0.5) is 5.69 Å². The summed E-state index contributed by atoms with van der Waals surface area (Å²) in [7, 11) is 1.37. The zero-order valence-electron chi connectivity index (χ0n) is 8.36. The van der Waals surface area contributed by atoms with E-state index in [2.05, 4.69) is 0 Å². The van der Waals surface area contributed by atoms with Crippen molar-refractivity contribution >= 4 is 22.4 Å². The van der Waals surface area contributed by atoms with Gasteiger partial charge in [0.15, 0.2) is 0 Å². The largest absolute Gasteiger partial charge is 0.465 e. The summed E-state index contributed by atoms with van der Waals surface area (Å²) in [6.45, 7) is 0. The fourth-order valence-corrected chi connectivity index (χ4v) is 1.58. The lowest BCUT2D eigenvalue weighted by atomic mass is 10.0.